The van der Waals surface area contributed by atoms with Crippen LogP contribution in [0, 0.1) is 0 Å². The summed E-state index contributed by atoms with van der Waals surface area (Å²) in [6.45, 7) is 3.22. The summed E-state index contributed by atoms with van der Waals surface area (Å²) in [5.41, 5.74) is 9.21. The summed E-state index contributed by atoms with van der Waals surface area (Å²) >= 11 is 0. The summed E-state index contributed by atoms with van der Waals surface area (Å²) < 4.78 is 0. The van der Waals surface area contributed by atoms with Crippen molar-refractivity contribution in [3.8, 4) is 0 Å². The van der Waals surface area contributed by atoms with Crippen molar-refractivity contribution in [3.63, 3.8) is 0 Å². The third-order valence-corrected chi connectivity index (χ3v) is 3.34. The van der Waals surface area contributed by atoms with Crippen LogP contribution in [-0.4, -0.2) is 19.0 Å². The minimum Gasteiger partial charge on any atom is -0.330 e. The number of unbranched alkanes of at least 4 members (excludes halogenated alkanes) is 1. The Hall–Kier alpha value is -1.35. The van der Waals surface area contributed by atoms with Crippen molar-refractivity contribution in [1.29, 1.82) is 0 Å². The number of carbonyl (C=O) groups is 1. The monoisotopic (exact) mass is 232 g/mol. The van der Waals surface area contributed by atoms with E-state index in [1.54, 1.807) is 6.92 Å². The molecule has 0 aromatic heterocycles. The van der Waals surface area contributed by atoms with Crippen molar-refractivity contribution >= 4 is 11.6 Å². The second kappa shape index (κ2) is 5.32. The summed E-state index contributed by atoms with van der Waals surface area (Å²) in [5, 5.41) is 0. The predicted molar refractivity (Wildman–Crippen MR) is 70.2 cm³/mol. The van der Waals surface area contributed by atoms with Crippen LogP contribution in [-0.2, 0) is 17.6 Å². The Morgan fingerprint density at radius 3 is 2.94 bits per heavy atom. The van der Waals surface area contributed by atoms with Crippen LogP contribution in [0.15, 0.2) is 18.2 Å². The Kier molecular flexibility index (Phi) is 3.79. The van der Waals surface area contributed by atoms with E-state index in [2.05, 4.69) is 18.2 Å². The van der Waals surface area contributed by atoms with Gasteiger partial charge in [0.15, 0.2) is 0 Å². The average Bonchev–Trinajstić information content (AvgIpc) is 2.72. The molecule has 1 amide bonds. The third-order valence-electron chi connectivity index (χ3n) is 3.34. The highest BCUT2D eigenvalue weighted by Gasteiger charge is 2.21. The molecule has 1 aromatic rings. The molecule has 0 bridgehead atoms. The molecule has 0 saturated carbocycles. The Morgan fingerprint density at radius 1 is 1.41 bits per heavy atom. The zero-order valence-electron chi connectivity index (χ0n) is 10.4. The third kappa shape index (κ3) is 2.67. The number of nitrogens with zero attached hydrogens (tertiary/aromatic N) is 1. The van der Waals surface area contributed by atoms with Crippen LogP contribution in [0.5, 0.6) is 0 Å². The summed E-state index contributed by atoms with van der Waals surface area (Å²) in [6.07, 6.45) is 4.22. The molecular weight excluding hydrogens is 212 g/mol. The van der Waals surface area contributed by atoms with Gasteiger partial charge in [-0.3, -0.25) is 4.79 Å². The number of amides is 1. The van der Waals surface area contributed by atoms with E-state index in [9.17, 15) is 4.79 Å². The first kappa shape index (κ1) is 12.1. The Bertz CT molecular complexity index is 415. The van der Waals surface area contributed by atoms with Gasteiger partial charge >= 0.3 is 0 Å². The highest BCUT2D eigenvalue weighted by atomic mass is 16.2. The largest absolute Gasteiger partial charge is 0.330 e. The standard InChI is InChI=1S/C14H20N2O/c1-11(17)16-9-7-13-6-5-12(10-14(13)16)4-2-3-8-15/h5-6,10H,2-4,7-9,15H2,1H3. The molecule has 2 rings (SSSR count). The highest BCUT2D eigenvalue weighted by molar-refractivity contribution is 5.93. The summed E-state index contributed by atoms with van der Waals surface area (Å²) in [4.78, 5) is 13.4. The molecular formula is C14H20N2O. The molecule has 3 nitrogen and oxygen atoms in total. The van der Waals surface area contributed by atoms with Gasteiger partial charge in [0.2, 0.25) is 5.91 Å². The molecule has 0 spiro atoms. The molecule has 3 heteroatoms. The van der Waals surface area contributed by atoms with Crippen LogP contribution in [0.2, 0.25) is 0 Å². The van der Waals surface area contributed by atoms with E-state index < -0.39 is 0 Å². The minimum absolute atomic E-state index is 0.142. The van der Waals surface area contributed by atoms with Crippen molar-refractivity contribution in [3.05, 3.63) is 29.3 Å². The lowest BCUT2D eigenvalue weighted by Crippen LogP contribution is -2.25. The van der Waals surface area contributed by atoms with Crippen LogP contribution in [0.1, 0.15) is 30.9 Å². The number of benzene rings is 1. The minimum atomic E-state index is 0.142. The Balaban J connectivity index is 2.12. The SMILES string of the molecule is CC(=O)N1CCc2ccc(CCCCN)cc21. The topological polar surface area (TPSA) is 46.3 Å². The van der Waals surface area contributed by atoms with Gasteiger partial charge in [0.05, 0.1) is 0 Å². The second-order valence-corrected chi connectivity index (χ2v) is 4.63. The van der Waals surface area contributed by atoms with Gasteiger partial charge in [0, 0.05) is 19.2 Å². The molecule has 1 aliphatic heterocycles. The normalized spacial score (nSPS) is 13.9. The lowest BCUT2D eigenvalue weighted by Gasteiger charge is -2.15. The van der Waals surface area contributed by atoms with Crippen LogP contribution in [0.4, 0.5) is 5.69 Å². The van der Waals surface area contributed by atoms with Crippen molar-refractivity contribution in [1.82, 2.24) is 0 Å². The molecule has 0 atom stereocenters. The van der Waals surface area contributed by atoms with Crippen molar-refractivity contribution in [2.24, 2.45) is 5.73 Å². The molecule has 1 heterocycles. The number of anilines is 1. The maximum absolute atomic E-state index is 11.5. The molecule has 92 valence electrons. The van der Waals surface area contributed by atoms with E-state index in [4.69, 9.17) is 5.73 Å². The van der Waals surface area contributed by atoms with E-state index in [-0.39, 0.29) is 5.91 Å². The average molecular weight is 232 g/mol. The number of fused-ring (bicyclic) bond motifs is 1. The van der Waals surface area contributed by atoms with Crippen molar-refractivity contribution in [2.45, 2.75) is 32.6 Å². The first-order valence-electron chi connectivity index (χ1n) is 6.32. The second-order valence-electron chi connectivity index (χ2n) is 4.63. The van der Waals surface area contributed by atoms with Crippen LogP contribution in [0.25, 0.3) is 0 Å². The van der Waals surface area contributed by atoms with E-state index in [0.717, 1.165) is 44.5 Å². The van der Waals surface area contributed by atoms with Gasteiger partial charge in [0.25, 0.3) is 0 Å². The Morgan fingerprint density at radius 2 is 2.24 bits per heavy atom. The smallest absolute Gasteiger partial charge is 0.223 e. The molecule has 2 N–H and O–H groups in total. The van der Waals surface area contributed by atoms with E-state index in [1.165, 1.54) is 11.1 Å². The van der Waals surface area contributed by atoms with Crippen LogP contribution >= 0.6 is 0 Å². The number of aryl methyl sites for hydroxylation is 1. The molecule has 0 fully saturated rings. The van der Waals surface area contributed by atoms with Gasteiger partial charge in [0.1, 0.15) is 0 Å². The van der Waals surface area contributed by atoms with Crippen LogP contribution < -0.4 is 10.6 Å². The fourth-order valence-corrected chi connectivity index (χ4v) is 2.38. The van der Waals surface area contributed by atoms with Gasteiger partial charge in [-0.05, 0) is 49.4 Å². The fourth-order valence-electron chi connectivity index (χ4n) is 2.38. The lowest BCUT2D eigenvalue weighted by molar-refractivity contribution is -0.116. The molecule has 0 unspecified atom stereocenters. The van der Waals surface area contributed by atoms with Gasteiger partial charge in [-0.15, -0.1) is 0 Å². The zero-order valence-corrected chi connectivity index (χ0v) is 10.4. The maximum atomic E-state index is 11.5. The molecule has 17 heavy (non-hydrogen) atoms. The highest BCUT2D eigenvalue weighted by Crippen LogP contribution is 2.29. The summed E-state index contributed by atoms with van der Waals surface area (Å²) in [6, 6.07) is 6.51. The first-order valence-corrected chi connectivity index (χ1v) is 6.32. The lowest BCUT2D eigenvalue weighted by atomic mass is 10.0. The summed E-state index contributed by atoms with van der Waals surface area (Å²) in [5.74, 6) is 0.142. The van der Waals surface area contributed by atoms with Crippen LogP contribution in [0.3, 0.4) is 0 Å². The van der Waals surface area contributed by atoms with E-state index >= 15 is 0 Å². The quantitative estimate of drug-likeness (QED) is 0.806. The molecule has 0 aliphatic carbocycles. The van der Waals surface area contributed by atoms with Gasteiger partial charge in [-0.25, -0.2) is 0 Å². The van der Waals surface area contributed by atoms with Gasteiger partial charge in [-0.2, -0.15) is 0 Å². The first-order chi connectivity index (χ1) is 8.22. The fraction of sp³-hybridized carbons (Fsp3) is 0.500. The maximum Gasteiger partial charge on any atom is 0.223 e. The number of hydrogen-bond acceptors (Lipinski definition) is 2. The van der Waals surface area contributed by atoms with Gasteiger partial charge < -0.3 is 10.6 Å². The predicted octanol–water partition coefficient (Wildman–Crippen LogP) is 1.88. The molecule has 0 radical (unpaired) electrons. The molecule has 0 saturated heterocycles. The number of nitrogens with two attached hydrogens (primary N) is 1. The summed E-state index contributed by atoms with van der Waals surface area (Å²) in [7, 11) is 0. The van der Waals surface area contributed by atoms with Crippen molar-refractivity contribution < 1.29 is 4.79 Å². The Labute approximate surface area is 103 Å². The van der Waals surface area contributed by atoms with E-state index in [0.29, 0.717) is 0 Å². The van der Waals surface area contributed by atoms with Gasteiger partial charge in [-0.1, -0.05) is 12.1 Å². The van der Waals surface area contributed by atoms with E-state index in [1.807, 2.05) is 4.90 Å². The van der Waals surface area contributed by atoms with Crippen molar-refractivity contribution in [2.75, 3.05) is 18.0 Å². The zero-order chi connectivity index (χ0) is 12.3. The number of carbonyl (C=O) groups excluding carboxylic acids is 1. The molecule has 1 aromatic carbocycles. The number of hydrogen-bond donors (Lipinski definition) is 1. The molecule has 1 aliphatic rings. The number of rotatable bonds is 4.